The van der Waals surface area contributed by atoms with Gasteiger partial charge in [0.05, 0.1) is 23.8 Å². The number of H-pyrrole nitrogens is 1. The second-order valence-corrected chi connectivity index (χ2v) is 10.8. The molecule has 5 N–H and O–H groups in total. The van der Waals surface area contributed by atoms with E-state index in [1.165, 1.54) is 0 Å². The lowest BCUT2D eigenvalue weighted by Crippen LogP contribution is -2.36. The van der Waals surface area contributed by atoms with Crippen LogP contribution >= 0.6 is 0 Å². The van der Waals surface area contributed by atoms with Crippen LogP contribution in [0.15, 0.2) is 6.07 Å². The van der Waals surface area contributed by atoms with Crippen molar-refractivity contribution in [3.63, 3.8) is 0 Å². The van der Waals surface area contributed by atoms with Crippen LogP contribution in [0.3, 0.4) is 0 Å². The van der Waals surface area contributed by atoms with Gasteiger partial charge < -0.3 is 30.6 Å². The van der Waals surface area contributed by atoms with Gasteiger partial charge in [-0.05, 0) is 51.9 Å². The molecule has 3 fully saturated rings. The van der Waals surface area contributed by atoms with E-state index in [0.29, 0.717) is 18.4 Å². The zero-order chi connectivity index (χ0) is 26.0. The maximum absolute atomic E-state index is 12.2. The number of carbonyl (C=O) groups excluding carboxylic acids is 1. The van der Waals surface area contributed by atoms with E-state index in [1.807, 2.05) is 20.0 Å². The van der Waals surface area contributed by atoms with Crippen LogP contribution in [0.2, 0.25) is 0 Å². The van der Waals surface area contributed by atoms with Crippen molar-refractivity contribution in [1.82, 2.24) is 25.3 Å². The number of rotatable bonds is 9. The zero-order valence-electron chi connectivity index (χ0n) is 22.0. The number of carbonyl (C=O) groups is 1. The number of aromatic amines is 1. The van der Waals surface area contributed by atoms with Crippen molar-refractivity contribution >= 4 is 23.8 Å². The normalized spacial score (nSPS) is 25.7. The van der Waals surface area contributed by atoms with E-state index in [2.05, 4.69) is 32.9 Å². The van der Waals surface area contributed by atoms with Gasteiger partial charge in [-0.25, -0.2) is 4.79 Å². The van der Waals surface area contributed by atoms with Crippen molar-refractivity contribution in [3.05, 3.63) is 22.3 Å². The van der Waals surface area contributed by atoms with E-state index in [9.17, 15) is 4.79 Å². The van der Waals surface area contributed by atoms with Gasteiger partial charge in [0.2, 0.25) is 5.88 Å². The first-order valence-electron chi connectivity index (χ1n) is 13.4. The molecule has 2 aromatic heterocycles. The van der Waals surface area contributed by atoms with Gasteiger partial charge in [-0.1, -0.05) is 6.92 Å². The number of hydrogen-bond donors (Lipinski definition) is 4. The molecule has 202 valence electrons. The summed E-state index contributed by atoms with van der Waals surface area (Å²) in [5, 5.41) is 20.3. The fourth-order valence-corrected chi connectivity index (χ4v) is 5.19. The van der Waals surface area contributed by atoms with Gasteiger partial charge in [-0.2, -0.15) is 5.10 Å². The van der Waals surface area contributed by atoms with Crippen molar-refractivity contribution in [3.8, 4) is 5.88 Å². The first kappa shape index (κ1) is 25.4. The summed E-state index contributed by atoms with van der Waals surface area (Å²) in [6.45, 7) is 6.18. The number of anilines is 1. The first-order chi connectivity index (χ1) is 17.9. The van der Waals surface area contributed by atoms with E-state index < -0.39 is 0 Å². The Balaban J connectivity index is 1.25. The van der Waals surface area contributed by atoms with Crippen LogP contribution in [0.25, 0.3) is 11.9 Å². The highest BCUT2D eigenvalue weighted by Gasteiger charge is 2.40. The van der Waals surface area contributed by atoms with Crippen LogP contribution in [-0.4, -0.2) is 57.5 Å². The largest absolute Gasteiger partial charge is 0.476 e. The monoisotopic (exact) mass is 513 g/mol. The maximum atomic E-state index is 12.2. The molecule has 3 aliphatic rings. The summed E-state index contributed by atoms with van der Waals surface area (Å²) in [7, 11) is 1.89. The molecule has 5 rings (SSSR count). The van der Waals surface area contributed by atoms with Gasteiger partial charge in [0.1, 0.15) is 6.10 Å². The molecule has 37 heavy (non-hydrogen) atoms. The Hall–Kier alpha value is -3.21. The molecule has 11 heteroatoms. The van der Waals surface area contributed by atoms with Crippen molar-refractivity contribution in [2.45, 2.75) is 76.4 Å². The SMILES string of the molecule is CC/C(Nc1cc(C2CCC(OC(=O)NC3(C)CC3)C2)[nH]n1)=c1\c(=C/N)c(OCC2CCOC2)nn1C. The fourth-order valence-electron chi connectivity index (χ4n) is 5.19. The molecule has 0 aromatic carbocycles. The third-order valence-corrected chi connectivity index (χ3v) is 7.71. The summed E-state index contributed by atoms with van der Waals surface area (Å²) < 4.78 is 18.9. The van der Waals surface area contributed by atoms with Gasteiger partial charge in [0.15, 0.2) is 5.82 Å². The van der Waals surface area contributed by atoms with Crippen molar-refractivity contribution in [1.29, 1.82) is 0 Å². The minimum atomic E-state index is -0.302. The van der Waals surface area contributed by atoms with Crippen LogP contribution in [0.5, 0.6) is 5.88 Å². The van der Waals surface area contributed by atoms with Crippen LogP contribution in [0.1, 0.15) is 70.4 Å². The summed E-state index contributed by atoms with van der Waals surface area (Å²) in [4.78, 5) is 12.2. The third kappa shape index (κ3) is 5.87. The summed E-state index contributed by atoms with van der Waals surface area (Å²) in [5.41, 5.74) is 7.93. The summed E-state index contributed by atoms with van der Waals surface area (Å²) >= 11 is 0. The molecule has 1 amide bonds. The van der Waals surface area contributed by atoms with Crippen LogP contribution < -0.4 is 31.7 Å². The molecular formula is C26H39N7O4. The van der Waals surface area contributed by atoms with Crippen LogP contribution in [0, 0.1) is 5.92 Å². The Morgan fingerprint density at radius 3 is 2.92 bits per heavy atom. The molecular weight excluding hydrogens is 474 g/mol. The van der Waals surface area contributed by atoms with Gasteiger partial charge >= 0.3 is 6.09 Å². The Labute approximate surface area is 216 Å². The molecule has 2 saturated carbocycles. The topological polar surface area (TPSA) is 141 Å². The molecule has 0 radical (unpaired) electrons. The minimum absolute atomic E-state index is 0.0697. The lowest BCUT2D eigenvalue weighted by Gasteiger charge is -2.16. The van der Waals surface area contributed by atoms with E-state index in [1.54, 1.807) is 10.9 Å². The number of aromatic nitrogens is 4. The average Bonchev–Trinajstić information content (AvgIpc) is 3.42. The number of amides is 1. The van der Waals surface area contributed by atoms with Crippen molar-refractivity contribution in [2.75, 3.05) is 25.1 Å². The number of aryl methyl sites for hydroxylation is 1. The standard InChI is InChI=1S/C26H39N7O4/c1-4-20(23-19(13-27)24(32-33(23)3)36-15-16-7-10-35-14-16)28-22-12-21(30-31-22)17-5-6-18(11-17)37-25(34)29-26(2)8-9-26/h12-13,16-18H,4-11,14-15,27H2,1-3H3,(H,29,34)(H2,28,30,31)/b19-13+,23-20-. The third-order valence-electron chi connectivity index (χ3n) is 7.71. The summed E-state index contributed by atoms with van der Waals surface area (Å²) in [6, 6.07) is 2.04. The predicted molar refractivity (Wildman–Crippen MR) is 139 cm³/mol. The quantitative estimate of drug-likeness (QED) is 0.398. The Bertz CT molecular complexity index is 1230. The first-order valence-corrected chi connectivity index (χ1v) is 13.4. The number of nitrogens with two attached hydrogens (primary N) is 1. The Morgan fingerprint density at radius 1 is 1.38 bits per heavy atom. The number of nitrogens with one attached hydrogen (secondary N) is 3. The minimum Gasteiger partial charge on any atom is -0.476 e. The highest BCUT2D eigenvalue weighted by Crippen LogP contribution is 2.37. The predicted octanol–water partition coefficient (Wildman–Crippen LogP) is 1.80. The summed E-state index contributed by atoms with van der Waals surface area (Å²) in [6.07, 6.45) is 7.52. The highest BCUT2D eigenvalue weighted by atomic mass is 16.6. The van der Waals surface area contributed by atoms with E-state index in [0.717, 1.165) is 85.9 Å². The lowest BCUT2D eigenvalue weighted by atomic mass is 10.0. The molecule has 3 unspecified atom stereocenters. The average molecular weight is 514 g/mol. The molecule has 0 bridgehead atoms. The number of nitrogens with zero attached hydrogens (tertiary/aromatic N) is 3. The van der Waals surface area contributed by atoms with E-state index >= 15 is 0 Å². The molecule has 2 aliphatic carbocycles. The fraction of sp³-hybridized carbons (Fsp3) is 0.654. The van der Waals surface area contributed by atoms with Crippen LogP contribution in [-0.2, 0) is 16.5 Å². The molecule has 3 heterocycles. The van der Waals surface area contributed by atoms with Crippen molar-refractivity contribution < 1.29 is 19.0 Å². The Morgan fingerprint density at radius 2 is 2.22 bits per heavy atom. The number of ether oxygens (including phenoxy) is 3. The molecule has 1 saturated heterocycles. The smallest absolute Gasteiger partial charge is 0.407 e. The molecule has 2 aromatic rings. The molecule has 1 aliphatic heterocycles. The van der Waals surface area contributed by atoms with E-state index in [-0.39, 0.29) is 23.7 Å². The molecule has 0 spiro atoms. The lowest BCUT2D eigenvalue weighted by molar-refractivity contribution is 0.0967. The van der Waals surface area contributed by atoms with Gasteiger partial charge in [-0.3, -0.25) is 9.78 Å². The van der Waals surface area contributed by atoms with Crippen molar-refractivity contribution in [2.24, 2.45) is 18.7 Å². The second-order valence-electron chi connectivity index (χ2n) is 10.8. The second kappa shape index (κ2) is 10.6. The number of hydrogen-bond acceptors (Lipinski definition) is 8. The highest BCUT2D eigenvalue weighted by molar-refractivity contribution is 5.69. The van der Waals surface area contributed by atoms with Gasteiger partial charge in [0.25, 0.3) is 0 Å². The molecule has 3 atom stereocenters. The molecule has 11 nitrogen and oxygen atoms in total. The maximum Gasteiger partial charge on any atom is 0.407 e. The zero-order valence-corrected chi connectivity index (χ0v) is 22.0. The summed E-state index contributed by atoms with van der Waals surface area (Å²) in [5.74, 6) is 1.90. The van der Waals surface area contributed by atoms with Crippen LogP contribution in [0.4, 0.5) is 10.6 Å². The number of alkyl carbamates (subject to hydrolysis) is 1. The Kier molecular flexibility index (Phi) is 7.32. The van der Waals surface area contributed by atoms with E-state index in [4.69, 9.17) is 19.9 Å². The van der Waals surface area contributed by atoms with Gasteiger partial charge in [-0.15, -0.1) is 5.10 Å². The van der Waals surface area contributed by atoms with Gasteiger partial charge in [0, 0.05) is 54.7 Å².